The third-order valence-electron chi connectivity index (χ3n) is 6.11. The molecule has 2 N–H and O–H groups in total. The summed E-state index contributed by atoms with van der Waals surface area (Å²) in [6.45, 7) is 2.04. The smallest absolute Gasteiger partial charge is 0.253 e. The molecule has 2 saturated heterocycles. The first kappa shape index (κ1) is 21.6. The number of rotatable bonds is 4. The number of likely N-dealkylation sites (tertiary alicyclic amines) is 1. The fourth-order valence-corrected chi connectivity index (χ4v) is 6.13. The second-order valence-corrected chi connectivity index (χ2v) is 10.5. The van der Waals surface area contributed by atoms with Crippen LogP contribution >= 0.6 is 27.7 Å². The molecule has 0 aromatic heterocycles. The van der Waals surface area contributed by atoms with Crippen LogP contribution in [0.2, 0.25) is 0 Å². The Balaban J connectivity index is 1.13. The molecule has 2 amide bonds. The number of ether oxygens (including phenoxy) is 2. The molecule has 0 radical (unpaired) electrons. The number of hydrogen-bond acceptors (Lipinski definition) is 6. The SMILES string of the molecule is O=C(NCc1ccc2c(c1)OCO2)C1CSC2(CCN(C(=O)c3cccc(Br)c3)CC2)N1. The van der Waals surface area contributed by atoms with Crippen molar-refractivity contribution in [3.8, 4) is 11.5 Å². The molecule has 3 aliphatic heterocycles. The van der Waals surface area contributed by atoms with Crippen molar-refractivity contribution in [2.24, 2.45) is 0 Å². The van der Waals surface area contributed by atoms with Crippen molar-refractivity contribution in [2.75, 3.05) is 25.6 Å². The molecule has 7 nitrogen and oxygen atoms in total. The van der Waals surface area contributed by atoms with Gasteiger partial charge in [-0.25, -0.2) is 0 Å². The number of hydrogen-bond donors (Lipinski definition) is 2. The molecule has 0 bridgehead atoms. The Morgan fingerprint density at radius 3 is 2.78 bits per heavy atom. The Morgan fingerprint density at radius 2 is 1.97 bits per heavy atom. The number of benzene rings is 2. The minimum atomic E-state index is -0.235. The van der Waals surface area contributed by atoms with Crippen LogP contribution in [-0.2, 0) is 11.3 Å². The predicted octanol–water partition coefficient (Wildman–Crippen LogP) is 3.13. The molecule has 0 saturated carbocycles. The molecule has 2 aromatic carbocycles. The average molecular weight is 518 g/mol. The van der Waals surface area contributed by atoms with E-state index in [0.717, 1.165) is 40.1 Å². The lowest BCUT2D eigenvalue weighted by Crippen LogP contribution is -2.54. The van der Waals surface area contributed by atoms with E-state index in [1.165, 1.54) is 0 Å². The fourth-order valence-electron chi connectivity index (χ4n) is 4.31. The topological polar surface area (TPSA) is 79.9 Å². The number of fused-ring (bicyclic) bond motifs is 1. The number of carbonyl (C=O) groups is 2. The number of piperidine rings is 1. The highest BCUT2D eigenvalue weighted by Crippen LogP contribution is 2.39. The van der Waals surface area contributed by atoms with Crippen molar-refractivity contribution in [1.82, 2.24) is 15.5 Å². The molecule has 1 atom stereocenters. The predicted molar refractivity (Wildman–Crippen MR) is 126 cm³/mol. The van der Waals surface area contributed by atoms with Crippen molar-refractivity contribution in [1.29, 1.82) is 0 Å². The minimum Gasteiger partial charge on any atom is -0.454 e. The standard InChI is InChI=1S/C23H24BrN3O4S/c24-17-3-1-2-16(11-17)22(29)27-8-6-23(7-9-27)26-18(13-32-23)21(28)25-12-15-4-5-19-20(10-15)31-14-30-19/h1-5,10-11,18,26H,6-9,12-14H2,(H,25,28). The first-order chi connectivity index (χ1) is 15.5. The molecule has 3 heterocycles. The monoisotopic (exact) mass is 517 g/mol. The Hall–Kier alpha value is -2.23. The van der Waals surface area contributed by atoms with E-state index in [-0.39, 0.29) is 29.5 Å². The third-order valence-corrected chi connectivity index (χ3v) is 8.19. The lowest BCUT2D eigenvalue weighted by Gasteiger charge is -2.39. The van der Waals surface area contributed by atoms with E-state index in [1.807, 2.05) is 47.4 Å². The largest absolute Gasteiger partial charge is 0.454 e. The number of carbonyl (C=O) groups excluding carboxylic acids is 2. The van der Waals surface area contributed by atoms with Gasteiger partial charge in [0, 0.05) is 35.4 Å². The van der Waals surface area contributed by atoms with E-state index < -0.39 is 0 Å². The van der Waals surface area contributed by atoms with E-state index in [9.17, 15) is 9.59 Å². The van der Waals surface area contributed by atoms with Crippen molar-refractivity contribution in [2.45, 2.75) is 30.3 Å². The molecule has 0 aliphatic carbocycles. The summed E-state index contributed by atoms with van der Waals surface area (Å²) >= 11 is 5.23. The first-order valence-corrected chi connectivity index (χ1v) is 12.4. The highest BCUT2D eigenvalue weighted by atomic mass is 79.9. The highest BCUT2D eigenvalue weighted by Gasteiger charge is 2.44. The van der Waals surface area contributed by atoms with Gasteiger partial charge < -0.3 is 19.7 Å². The number of amides is 2. The van der Waals surface area contributed by atoms with Gasteiger partial charge in [-0.2, -0.15) is 0 Å². The van der Waals surface area contributed by atoms with Gasteiger partial charge in [0.2, 0.25) is 12.7 Å². The number of nitrogens with zero attached hydrogens (tertiary/aromatic N) is 1. The van der Waals surface area contributed by atoms with E-state index in [2.05, 4.69) is 26.6 Å². The number of halogens is 1. The molecular formula is C23H24BrN3O4S. The molecule has 32 heavy (non-hydrogen) atoms. The van der Waals surface area contributed by atoms with Crippen molar-refractivity contribution in [3.63, 3.8) is 0 Å². The van der Waals surface area contributed by atoms with Crippen LogP contribution in [0.15, 0.2) is 46.9 Å². The van der Waals surface area contributed by atoms with Gasteiger partial charge in [-0.3, -0.25) is 14.9 Å². The number of nitrogens with one attached hydrogen (secondary N) is 2. The van der Waals surface area contributed by atoms with Crippen LogP contribution in [0.5, 0.6) is 11.5 Å². The molecule has 5 rings (SSSR count). The summed E-state index contributed by atoms with van der Waals surface area (Å²) in [5.41, 5.74) is 1.67. The minimum absolute atomic E-state index is 0.000293. The molecule has 3 aliphatic rings. The Kier molecular flexibility index (Phi) is 6.05. The van der Waals surface area contributed by atoms with Gasteiger partial charge >= 0.3 is 0 Å². The van der Waals surface area contributed by atoms with Gasteiger partial charge in [0.25, 0.3) is 5.91 Å². The molecule has 1 unspecified atom stereocenters. The maximum Gasteiger partial charge on any atom is 0.253 e. The van der Waals surface area contributed by atoms with Gasteiger partial charge in [0.15, 0.2) is 11.5 Å². The normalized spacial score (nSPS) is 21.0. The summed E-state index contributed by atoms with van der Waals surface area (Å²) in [5.74, 6) is 2.24. The number of thioether (sulfide) groups is 1. The summed E-state index contributed by atoms with van der Waals surface area (Å²) in [6.07, 6.45) is 1.65. The van der Waals surface area contributed by atoms with E-state index in [1.54, 1.807) is 11.8 Å². The summed E-state index contributed by atoms with van der Waals surface area (Å²) in [5, 5.41) is 6.58. The van der Waals surface area contributed by atoms with Crippen LogP contribution < -0.4 is 20.1 Å². The summed E-state index contributed by atoms with van der Waals surface area (Å²) < 4.78 is 11.6. The summed E-state index contributed by atoms with van der Waals surface area (Å²) in [7, 11) is 0. The molecule has 9 heteroatoms. The van der Waals surface area contributed by atoms with Crippen LogP contribution in [0.1, 0.15) is 28.8 Å². The second kappa shape index (κ2) is 8.96. The maximum absolute atomic E-state index is 12.8. The lowest BCUT2D eigenvalue weighted by atomic mass is 10.0. The molecular weight excluding hydrogens is 494 g/mol. The van der Waals surface area contributed by atoms with Gasteiger partial charge in [-0.15, -0.1) is 11.8 Å². The Labute approximate surface area is 199 Å². The van der Waals surface area contributed by atoms with Gasteiger partial charge in [-0.1, -0.05) is 28.1 Å². The first-order valence-electron chi connectivity index (χ1n) is 10.6. The van der Waals surface area contributed by atoms with E-state index >= 15 is 0 Å². The molecule has 168 valence electrons. The zero-order valence-corrected chi connectivity index (χ0v) is 19.8. The maximum atomic E-state index is 12.8. The summed E-state index contributed by atoms with van der Waals surface area (Å²) in [4.78, 5) is 27.3. The summed E-state index contributed by atoms with van der Waals surface area (Å²) in [6, 6.07) is 13.0. The molecule has 2 fully saturated rings. The van der Waals surface area contributed by atoms with Crippen LogP contribution in [0.25, 0.3) is 0 Å². The van der Waals surface area contributed by atoms with E-state index in [0.29, 0.717) is 25.2 Å². The Bertz CT molecular complexity index is 1040. The van der Waals surface area contributed by atoms with Gasteiger partial charge in [0.05, 0.1) is 10.9 Å². The molecule has 2 aromatic rings. The quantitative estimate of drug-likeness (QED) is 0.648. The van der Waals surface area contributed by atoms with Gasteiger partial charge in [0.1, 0.15) is 0 Å². The second-order valence-electron chi connectivity index (χ2n) is 8.21. The lowest BCUT2D eigenvalue weighted by molar-refractivity contribution is -0.122. The average Bonchev–Trinajstić information content (AvgIpc) is 3.44. The van der Waals surface area contributed by atoms with Crippen molar-refractivity contribution < 1.29 is 19.1 Å². The van der Waals surface area contributed by atoms with E-state index in [4.69, 9.17) is 9.47 Å². The molecule has 1 spiro atoms. The van der Waals surface area contributed by atoms with Gasteiger partial charge in [-0.05, 0) is 48.7 Å². The van der Waals surface area contributed by atoms with Crippen LogP contribution in [0, 0.1) is 0 Å². The highest BCUT2D eigenvalue weighted by molar-refractivity contribution is 9.10. The van der Waals surface area contributed by atoms with Crippen LogP contribution in [0.3, 0.4) is 0 Å². The Morgan fingerprint density at radius 1 is 1.16 bits per heavy atom. The van der Waals surface area contributed by atoms with Crippen molar-refractivity contribution in [3.05, 3.63) is 58.1 Å². The third kappa shape index (κ3) is 4.46. The zero-order chi connectivity index (χ0) is 22.1. The zero-order valence-electron chi connectivity index (χ0n) is 17.4. The van der Waals surface area contributed by atoms with Crippen molar-refractivity contribution >= 4 is 39.5 Å². The van der Waals surface area contributed by atoms with Crippen LogP contribution in [0.4, 0.5) is 0 Å². The fraction of sp³-hybridized carbons (Fsp3) is 0.391. The van der Waals surface area contributed by atoms with Crippen LogP contribution in [-0.4, -0.2) is 53.3 Å².